The van der Waals surface area contributed by atoms with E-state index in [-0.39, 0.29) is 53.3 Å². The number of hydrogen-bond donors (Lipinski definition) is 3. The number of likely N-dealkylation sites (tertiary alicyclic amines) is 2. The highest BCUT2D eigenvalue weighted by Gasteiger charge is 2.33. The zero-order chi connectivity index (χ0) is 42.7. The topological polar surface area (TPSA) is 187 Å². The minimum absolute atomic E-state index is 0.0350. The Morgan fingerprint density at radius 3 is 2.20 bits per heavy atom. The summed E-state index contributed by atoms with van der Waals surface area (Å²) in [6.45, 7) is 8.17. The van der Waals surface area contributed by atoms with Gasteiger partial charge in [-0.05, 0) is 132 Å². The van der Waals surface area contributed by atoms with Gasteiger partial charge in [0.15, 0.2) is 0 Å². The molecule has 0 radical (unpaired) electrons. The van der Waals surface area contributed by atoms with Gasteiger partial charge in [0.1, 0.15) is 16.8 Å². The molecule has 16 heteroatoms. The number of hydrogen-bond acceptors (Lipinski definition) is 12. The summed E-state index contributed by atoms with van der Waals surface area (Å²) in [6, 6.07) is 14.3. The number of nitrogens with zero attached hydrogens (tertiary/aromatic N) is 5. The van der Waals surface area contributed by atoms with Crippen molar-refractivity contribution < 1.29 is 27.1 Å². The van der Waals surface area contributed by atoms with E-state index in [4.69, 9.17) is 20.6 Å². The van der Waals surface area contributed by atoms with Crippen molar-refractivity contribution in [2.45, 2.75) is 101 Å². The van der Waals surface area contributed by atoms with Crippen LogP contribution in [0.25, 0.3) is 21.8 Å². The van der Waals surface area contributed by atoms with Crippen LogP contribution < -0.4 is 20.9 Å². The van der Waals surface area contributed by atoms with Crippen molar-refractivity contribution in [1.82, 2.24) is 30.1 Å². The predicted molar refractivity (Wildman–Crippen MR) is 235 cm³/mol. The van der Waals surface area contributed by atoms with Crippen LogP contribution in [0.3, 0.4) is 0 Å². The first-order chi connectivity index (χ1) is 29.4. The Kier molecular flexibility index (Phi) is 13.5. The first-order valence-electron chi connectivity index (χ1n) is 21.9. The molecule has 1 unspecified atom stereocenters. The number of carbonyl (C=O) groups excluding carboxylic acids is 2. The van der Waals surface area contributed by atoms with Gasteiger partial charge in [0.05, 0.1) is 33.3 Å². The van der Waals surface area contributed by atoms with Gasteiger partial charge < -0.3 is 20.3 Å². The lowest BCUT2D eigenvalue weighted by molar-refractivity contribution is -0.134. The molecule has 0 spiro atoms. The summed E-state index contributed by atoms with van der Waals surface area (Å²) in [4.78, 5) is 43.3. The summed E-state index contributed by atoms with van der Waals surface area (Å²) < 4.78 is 47.4. The van der Waals surface area contributed by atoms with E-state index in [9.17, 15) is 18.0 Å². The molecule has 4 aliphatic rings. The number of primary sulfonamides is 1. The number of imide groups is 1. The number of halogens is 1. The number of ether oxygens (including phenoxy) is 1. The van der Waals surface area contributed by atoms with E-state index in [0.29, 0.717) is 40.9 Å². The number of benzene rings is 2. The average Bonchev–Trinajstić information content (AvgIpc) is 3.69. The van der Waals surface area contributed by atoms with Crippen LogP contribution in [0.1, 0.15) is 111 Å². The summed E-state index contributed by atoms with van der Waals surface area (Å²) >= 11 is 1.50. The Morgan fingerprint density at radius 2 is 1.56 bits per heavy atom. The first kappa shape index (κ1) is 43.3. The number of nitrogens with two attached hydrogens (primary N) is 2. The molecule has 3 aliphatic heterocycles. The second-order valence-corrected chi connectivity index (χ2v) is 20.2. The number of sulfonamides is 1. The Morgan fingerprint density at radius 1 is 0.885 bits per heavy atom. The monoisotopic (exact) mass is 872 g/mol. The molecule has 2 amide bonds. The molecule has 3 saturated heterocycles. The smallest absolute Gasteiger partial charge is 0.234 e. The van der Waals surface area contributed by atoms with Gasteiger partial charge in [0.2, 0.25) is 27.8 Å². The van der Waals surface area contributed by atoms with Crippen molar-refractivity contribution in [1.29, 1.82) is 0 Å². The van der Waals surface area contributed by atoms with Crippen molar-refractivity contribution in [3.63, 3.8) is 0 Å². The summed E-state index contributed by atoms with van der Waals surface area (Å²) in [5.74, 6) is 1.20. The molecule has 4 aromatic rings. The third kappa shape index (κ3) is 10.3. The number of anilines is 1. The lowest BCUT2D eigenvalue weighted by Crippen LogP contribution is -2.43. The van der Waals surface area contributed by atoms with Crippen LogP contribution in [0.4, 0.5) is 10.3 Å². The molecule has 13 nitrogen and oxygen atoms in total. The molecule has 61 heavy (non-hydrogen) atoms. The molecule has 2 atom stereocenters. The number of nitrogens with one attached hydrogen (secondary N) is 1. The molecule has 0 bridgehead atoms. The van der Waals surface area contributed by atoms with Gasteiger partial charge in [0, 0.05) is 42.8 Å². The molecule has 5 heterocycles. The maximum absolute atomic E-state index is 16.3. The third-order valence-electron chi connectivity index (χ3n) is 13.2. The van der Waals surface area contributed by atoms with E-state index in [2.05, 4.69) is 25.1 Å². The predicted octanol–water partition coefficient (Wildman–Crippen LogP) is 6.78. The van der Waals surface area contributed by atoms with Gasteiger partial charge in [-0.25, -0.2) is 32.9 Å². The molecular formula is C45H57FN8O5S2. The molecule has 326 valence electrons. The molecule has 5 N–H and O–H groups in total. The van der Waals surface area contributed by atoms with Crippen molar-refractivity contribution >= 4 is 39.1 Å². The summed E-state index contributed by atoms with van der Waals surface area (Å²) in [6.07, 6.45) is 11.6. The minimum atomic E-state index is -4.03. The second-order valence-electron chi connectivity index (χ2n) is 17.4. The highest BCUT2D eigenvalue weighted by Crippen LogP contribution is 2.43. The normalized spacial score (nSPS) is 23.2. The number of thiazole rings is 1. The highest BCUT2D eigenvalue weighted by atomic mass is 32.2. The Labute approximate surface area is 361 Å². The lowest BCUT2D eigenvalue weighted by Gasteiger charge is -2.39. The number of piperidine rings is 3. The molecule has 8 rings (SSSR count). The van der Waals surface area contributed by atoms with Crippen LogP contribution >= 0.6 is 11.3 Å². The van der Waals surface area contributed by atoms with Gasteiger partial charge in [-0.3, -0.25) is 14.9 Å². The number of carbonyl (C=O) groups is 2. The molecule has 4 fully saturated rings. The van der Waals surface area contributed by atoms with Crippen molar-refractivity contribution in [2.24, 2.45) is 17.0 Å². The van der Waals surface area contributed by atoms with E-state index in [0.717, 1.165) is 81.3 Å². The summed E-state index contributed by atoms with van der Waals surface area (Å²) in [5.41, 5.74) is 8.12. The summed E-state index contributed by atoms with van der Waals surface area (Å²) in [5, 5.41) is 7.71. The van der Waals surface area contributed by atoms with Crippen LogP contribution in [0.2, 0.25) is 0 Å². The fourth-order valence-corrected chi connectivity index (χ4v) is 12.1. The zero-order valence-electron chi connectivity index (χ0n) is 34.8. The number of aromatic nitrogens is 3. The van der Waals surface area contributed by atoms with Crippen LogP contribution in [-0.2, 0) is 19.6 Å². The van der Waals surface area contributed by atoms with Gasteiger partial charge in [-0.15, -0.1) is 11.3 Å². The van der Waals surface area contributed by atoms with E-state index in [1.807, 2.05) is 24.3 Å². The highest BCUT2D eigenvalue weighted by molar-refractivity contribution is 7.89. The number of rotatable bonds is 13. The van der Waals surface area contributed by atoms with Crippen molar-refractivity contribution in [2.75, 3.05) is 45.0 Å². The van der Waals surface area contributed by atoms with Crippen LogP contribution in [0.5, 0.6) is 5.75 Å². The maximum atomic E-state index is 16.3. The largest absolute Gasteiger partial charge is 0.490 e. The number of amides is 2. The lowest BCUT2D eigenvalue weighted by atomic mass is 9.86. The van der Waals surface area contributed by atoms with Crippen LogP contribution in [0, 0.1) is 17.7 Å². The van der Waals surface area contributed by atoms with Crippen molar-refractivity contribution in [3.05, 3.63) is 76.7 Å². The Hall–Kier alpha value is -4.35. The quantitative estimate of drug-likeness (QED) is 0.120. The molecule has 2 aromatic heterocycles. The van der Waals surface area contributed by atoms with E-state index in [1.165, 1.54) is 43.1 Å². The standard InChI is InChI=1S/C45H57FN8O5S2/c1-2-38(61(48,57)58)35-4-3-5-36(40(35)46)41-42(37-16-21-49-45(47)50-37)60-44(52-41)31-19-24-54(25-20-31)27-29-17-22-53(23-18-29)26-28-6-10-32(11-7-28)59-33-12-8-30(9-13-33)34-14-15-39(55)51-43(34)56/h3-5,8-9,12-13,16,21,28-29,31-32,34,38H,2,6-7,10-11,14-15,17-20,22-27H2,1H3,(H2,47,49,50)(H2,48,57,58)(H,51,55,56)/t28?,32?,34-,38?/m0/s1. The van der Waals surface area contributed by atoms with E-state index >= 15 is 4.39 Å². The van der Waals surface area contributed by atoms with E-state index < -0.39 is 21.1 Å². The molecule has 1 saturated carbocycles. The zero-order valence-corrected chi connectivity index (χ0v) is 36.4. The number of nitrogen functional groups attached to an aromatic ring is 1. The third-order valence-corrected chi connectivity index (χ3v) is 15.9. The minimum Gasteiger partial charge on any atom is -0.490 e. The van der Waals surface area contributed by atoms with Crippen molar-refractivity contribution in [3.8, 4) is 27.6 Å². The second kappa shape index (κ2) is 19.0. The first-order valence-corrected chi connectivity index (χ1v) is 24.3. The average molecular weight is 873 g/mol. The molecule has 1 aliphatic carbocycles. The Balaban J connectivity index is 0.804. The fourth-order valence-electron chi connectivity index (χ4n) is 9.84. The summed E-state index contributed by atoms with van der Waals surface area (Å²) in [7, 11) is -4.03. The molecular weight excluding hydrogens is 816 g/mol. The van der Waals surface area contributed by atoms with Crippen LogP contribution in [-0.4, -0.2) is 90.4 Å². The fraction of sp³-hybridized carbons (Fsp3) is 0.533. The van der Waals surface area contributed by atoms with Gasteiger partial charge in [-0.1, -0.05) is 31.2 Å². The van der Waals surface area contributed by atoms with Gasteiger partial charge in [0.25, 0.3) is 0 Å². The van der Waals surface area contributed by atoms with Gasteiger partial charge in [-0.2, -0.15) is 0 Å². The van der Waals surface area contributed by atoms with Gasteiger partial charge >= 0.3 is 0 Å². The molecule has 2 aromatic carbocycles. The Bertz CT molecular complexity index is 2290. The SMILES string of the molecule is CCC(c1cccc(-c2nc(C3CCN(CC4CCN(CC5CCC(Oc6ccc([C@@H]7CCC(=O)NC7=O)cc6)CC5)CC4)CC3)sc2-c2ccnc(N)n2)c1F)S(N)(=O)=O. The maximum Gasteiger partial charge on any atom is 0.234 e. The van der Waals surface area contributed by atoms with E-state index in [1.54, 1.807) is 31.3 Å². The van der Waals surface area contributed by atoms with Crippen LogP contribution in [0.15, 0.2) is 54.7 Å².